The van der Waals surface area contributed by atoms with Crippen LogP contribution in [-0.2, 0) is 6.42 Å². The highest BCUT2D eigenvalue weighted by molar-refractivity contribution is 5.33. The molecule has 0 aliphatic heterocycles. The number of benzene rings is 1. The molecule has 0 amide bonds. The lowest BCUT2D eigenvalue weighted by atomic mass is 9.78. The quantitative estimate of drug-likeness (QED) is 0.688. The second kappa shape index (κ2) is 8.97. The van der Waals surface area contributed by atoms with Crippen molar-refractivity contribution in [3.05, 3.63) is 35.7 Å². The number of nitrogen functional groups attached to an aromatic ring is 1. The number of nitrogens with one attached hydrogen (secondary N) is 1. The monoisotopic (exact) mass is 373 g/mol. The Hall–Kier alpha value is -2.44. The van der Waals surface area contributed by atoms with Crippen LogP contribution >= 0.6 is 0 Å². The lowest BCUT2D eigenvalue weighted by Gasteiger charge is -2.34. The molecular weight excluding hydrogens is 345 g/mol. The molecule has 6 nitrogen and oxygen atoms in total. The zero-order valence-corrected chi connectivity index (χ0v) is 16.0. The van der Waals surface area contributed by atoms with Crippen LogP contribution in [0.1, 0.15) is 56.6 Å². The second-order valence-corrected chi connectivity index (χ2v) is 7.08. The van der Waals surface area contributed by atoms with Gasteiger partial charge in [-0.15, -0.1) is 0 Å². The van der Waals surface area contributed by atoms with Gasteiger partial charge >= 0.3 is 0 Å². The Morgan fingerprint density at radius 2 is 2.11 bits per heavy atom. The summed E-state index contributed by atoms with van der Waals surface area (Å²) in [6.45, 7) is 1.75. The highest BCUT2D eigenvalue weighted by Gasteiger charge is 2.28. The molecule has 27 heavy (non-hydrogen) atoms. The van der Waals surface area contributed by atoms with Crippen LogP contribution in [0.4, 0.5) is 16.3 Å². The van der Waals surface area contributed by atoms with Crippen LogP contribution in [0.25, 0.3) is 0 Å². The number of halogens is 1. The number of hydrogen-bond acceptors (Lipinski definition) is 6. The number of rotatable bonds is 9. The maximum absolute atomic E-state index is 14.0. The standard InChI is InChI=1S/C20H28FN5O/c1-3-16(21)18-24-19(22)26-20(25-18)23-17(14-7-5-8-14)11-10-13-6-4-9-15(12-13)27-2/h4,6,9,12,14,16-17H,3,5,7-8,10-11H2,1-2H3,(H3,22,23,24,25,26)/t16-,17-/m0/s1. The lowest BCUT2D eigenvalue weighted by Crippen LogP contribution is -2.35. The van der Waals surface area contributed by atoms with Gasteiger partial charge in [0.05, 0.1) is 7.11 Å². The fraction of sp³-hybridized carbons (Fsp3) is 0.550. The van der Waals surface area contributed by atoms with Gasteiger partial charge in [0.2, 0.25) is 11.9 Å². The minimum absolute atomic E-state index is 0.0544. The van der Waals surface area contributed by atoms with E-state index < -0.39 is 6.17 Å². The van der Waals surface area contributed by atoms with Crippen molar-refractivity contribution in [3.8, 4) is 5.75 Å². The van der Waals surface area contributed by atoms with E-state index in [1.807, 2.05) is 12.1 Å². The maximum Gasteiger partial charge on any atom is 0.228 e. The van der Waals surface area contributed by atoms with Crippen molar-refractivity contribution in [2.75, 3.05) is 18.2 Å². The SMILES string of the molecule is CC[C@H](F)c1nc(N)nc(N[C@@H](CCc2cccc(OC)c2)C2CCC2)n1. The highest BCUT2D eigenvalue weighted by atomic mass is 19.1. The molecule has 2 atom stereocenters. The second-order valence-electron chi connectivity index (χ2n) is 7.08. The first-order valence-electron chi connectivity index (χ1n) is 9.64. The Balaban J connectivity index is 1.71. The maximum atomic E-state index is 14.0. The summed E-state index contributed by atoms with van der Waals surface area (Å²) in [6.07, 6.45) is 4.55. The summed E-state index contributed by atoms with van der Waals surface area (Å²) in [4.78, 5) is 12.4. The Bertz CT molecular complexity index is 753. The van der Waals surface area contributed by atoms with Gasteiger partial charge in [-0.2, -0.15) is 15.0 Å². The topological polar surface area (TPSA) is 86.0 Å². The Kier molecular flexibility index (Phi) is 6.42. The molecule has 1 heterocycles. The minimum atomic E-state index is -1.23. The zero-order chi connectivity index (χ0) is 19.2. The number of ether oxygens (including phenoxy) is 1. The number of nitrogens with zero attached hydrogens (tertiary/aromatic N) is 3. The fourth-order valence-corrected chi connectivity index (χ4v) is 3.38. The summed E-state index contributed by atoms with van der Waals surface area (Å²) < 4.78 is 19.3. The van der Waals surface area contributed by atoms with Gasteiger partial charge in [0, 0.05) is 6.04 Å². The van der Waals surface area contributed by atoms with E-state index in [9.17, 15) is 4.39 Å². The van der Waals surface area contributed by atoms with E-state index in [0.29, 0.717) is 18.3 Å². The van der Waals surface area contributed by atoms with Gasteiger partial charge in [-0.3, -0.25) is 0 Å². The molecule has 1 aromatic heterocycles. The van der Waals surface area contributed by atoms with Gasteiger partial charge in [-0.25, -0.2) is 4.39 Å². The molecule has 3 N–H and O–H groups in total. The first-order chi connectivity index (χ1) is 13.1. The third kappa shape index (κ3) is 5.05. The number of alkyl halides is 1. The number of hydrogen-bond donors (Lipinski definition) is 2. The minimum Gasteiger partial charge on any atom is -0.497 e. The summed E-state index contributed by atoms with van der Waals surface area (Å²) >= 11 is 0. The largest absolute Gasteiger partial charge is 0.497 e. The normalized spacial score (nSPS) is 16.4. The number of aromatic nitrogens is 3. The van der Waals surface area contributed by atoms with E-state index in [4.69, 9.17) is 10.5 Å². The molecule has 1 aliphatic rings. The predicted molar refractivity (Wildman–Crippen MR) is 104 cm³/mol. The summed E-state index contributed by atoms with van der Waals surface area (Å²) in [5, 5.41) is 3.40. The molecular formula is C20H28FN5O. The Labute approximate surface area is 159 Å². The van der Waals surface area contributed by atoms with E-state index >= 15 is 0 Å². The molecule has 1 fully saturated rings. The smallest absolute Gasteiger partial charge is 0.228 e. The van der Waals surface area contributed by atoms with E-state index in [2.05, 4.69) is 32.4 Å². The van der Waals surface area contributed by atoms with Gasteiger partial charge in [0.1, 0.15) is 5.75 Å². The van der Waals surface area contributed by atoms with Crippen molar-refractivity contribution in [2.24, 2.45) is 5.92 Å². The van der Waals surface area contributed by atoms with Crippen LogP contribution in [0.5, 0.6) is 5.75 Å². The molecule has 0 radical (unpaired) electrons. The van der Waals surface area contributed by atoms with Crippen LogP contribution in [0.15, 0.2) is 24.3 Å². The van der Waals surface area contributed by atoms with Gasteiger partial charge in [-0.1, -0.05) is 25.5 Å². The van der Waals surface area contributed by atoms with Crippen molar-refractivity contribution in [2.45, 2.75) is 57.7 Å². The summed E-state index contributed by atoms with van der Waals surface area (Å²) in [7, 11) is 1.68. The van der Waals surface area contributed by atoms with E-state index in [-0.39, 0.29) is 17.8 Å². The van der Waals surface area contributed by atoms with Gasteiger partial charge in [0.25, 0.3) is 0 Å². The number of nitrogens with two attached hydrogens (primary N) is 1. The molecule has 2 aromatic rings. The van der Waals surface area contributed by atoms with Crippen LogP contribution in [0, 0.1) is 5.92 Å². The molecule has 3 rings (SSSR count). The van der Waals surface area contributed by atoms with Crippen molar-refractivity contribution in [3.63, 3.8) is 0 Å². The van der Waals surface area contributed by atoms with E-state index in [1.54, 1.807) is 14.0 Å². The van der Waals surface area contributed by atoms with Crippen LogP contribution < -0.4 is 15.8 Å². The molecule has 1 aromatic carbocycles. The Morgan fingerprint density at radius 3 is 2.78 bits per heavy atom. The first-order valence-corrected chi connectivity index (χ1v) is 9.64. The third-order valence-corrected chi connectivity index (χ3v) is 5.22. The van der Waals surface area contributed by atoms with Crippen molar-refractivity contribution >= 4 is 11.9 Å². The molecule has 0 saturated heterocycles. The molecule has 7 heteroatoms. The number of methoxy groups -OCH3 is 1. The Morgan fingerprint density at radius 1 is 1.30 bits per heavy atom. The average Bonchev–Trinajstić information content (AvgIpc) is 2.63. The highest BCUT2D eigenvalue weighted by Crippen LogP contribution is 2.33. The predicted octanol–water partition coefficient (Wildman–Crippen LogP) is 4.10. The average molecular weight is 373 g/mol. The van der Waals surface area contributed by atoms with Crippen molar-refractivity contribution < 1.29 is 9.13 Å². The summed E-state index contributed by atoms with van der Waals surface area (Å²) in [5.74, 6) is 1.97. The lowest BCUT2D eigenvalue weighted by molar-refractivity contribution is 0.265. The summed E-state index contributed by atoms with van der Waals surface area (Å²) in [5.41, 5.74) is 6.99. The van der Waals surface area contributed by atoms with E-state index in [0.717, 1.165) is 18.6 Å². The van der Waals surface area contributed by atoms with Crippen LogP contribution in [-0.4, -0.2) is 28.1 Å². The molecule has 0 unspecified atom stereocenters. The zero-order valence-electron chi connectivity index (χ0n) is 16.0. The van der Waals surface area contributed by atoms with Gasteiger partial charge < -0.3 is 15.8 Å². The van der Waals surface area contributed by atoms with Crippen LogP contribution in [0.3, 0.4) is 0 Å². The number of anilines is 2. The third-order valence-electron chi connectivity index (χ3n) is 5.22. The van der Waals surface area contributed by atoms with Gasteiger partial charge in [-0.05, 0) is 55.7 Å². The molecule has 1 saturated carbocycles. The van der Waals surface area contributed by atoms with Crippen molar-refractivity contribution in [1.82, 2.24) is 15.0 Å². The fourth-order valence-electron chi connectivity index (χ4n) is 3.38. The molecule has 1 aliphatic carbocycles. The van der Waals surface area contributed by atoms with E-state index in [1.165, 1.54) is 24.8 Å². The van der Waals surface area contributed by atoms with Crippen LogP contribution in [0.2, 0.25) is 0 Å². The number of aryl methyl sites for hydroxylation is 1. The van der Waals surface area contributed by atoms with Crippen molar-refractivity contribution in [1.29, 1.82) is 0 Å². The molecule has 0 bridgehead atoms. The molecule has 146 valence electrons. The summed E-state index contributed by atoms with van der Waals surface area (Å²) in [6, 6.07) is 8.34. The first kappa shape index (κ1) is 19.3. The van der Waals surface area contributed by atoms with Gasteiger partial charge in [0.15, 0.2) is 12.0 Å². The molecule has 0 spiro atoms.